The molecule has 122 valence electrons. The molecule has 2 heterocycles. The summed E-state index contributed by atoms with van der Waals surface area (Å²) in [7, 11) is 4.26. The van der Waals surface area contributed by atoms with Crippen LogP contribution in [0.25, 0.3) is 0 Å². The summed E-state index contributed by atoms with van der Waals surface area (Å²) >= 11 is 2.28. The van der Waals surface area contributed by atoms with Crippen molar-refractivity contribution in [2.24, 2.45) is 0 Å². The lowest BCUT2D eigenvalue weighted by Crippen LogP contribution is -2.35. The maximum Gasteiger partial charge on any atom is 0.251 e. The number of halogens is 1. The molecule has 1 fully saturated rings. The van der Waals surface area contributed by atoms with Gasteiger partial charge in [-0.3, -0.25) is 4.79 Å². The van der Waals surface area contributed by atoms with Crippen LogP contribution in [-0.4, -0.2) is 48.1 Å². The van der Waals surface area contributed by atoms with Crippen molar-refractivity contribution in [1.82, 2.24) is 14.4 Å². The Bertz CT molecular complexity index is 562. The monoisotopic (exact) mass is 415 g/mol. The molecule has 0 saturated carbocycles. The summed E-state index contributed by atoms with van der Waals surface area (Å²) in [6, 6.07) is 2.13. The number of pyridine rings is 1. The second kappa shape index (κ2) is 8.26. The molecule has 2 rings (SSSR count). The predicted octanol–water partition coefficient (Wildman–Crippen LogP) is 2.73. The molecule has 0 aromatic carbocycles. The minimum Gasteiger partial charge on any atom is -0.312 e. The first kappa shape index (κ1) is 17.7. The molecule has 0 bridgehead atoms. The molecule has 0 amide bonds. The number of rotatable bonds is 6. The average molecular weight is 415 g/mol. The van der Waals surface area contributed by atoms with Crippen LogP contribution < -0.4 is 5.56 Å². The number of hydrogen-bond acceptors (Lipinski definition) is 3. The van der Waals surface area contributed by atoms with E-state index in [1.54, 1.807) is 6.07 Å². The van der Waals surface area contributed by atoms with Gasteiger partial charge >= 0.3 is 0 Å². The van der Waals surface area contributed by atoms with Gasteiger partial charge < -0.3 is 14.4 Å². The number of piperidine rings is 1. The minimum absolute atomic E-state index is 0.136. The van der Waals surface area contributed by atoms with Crippen LogP contribution in [0.5, 0.6) is 0 Å². The van der Waals surface area contributed by atoms with Gasteiger partial charge in [-0.15, -0.1) is 6.58 Å². The van der Waals surface area contributed by atoms with Crippen LogP contribution in [0, 0.1) is 3.57 Å². The van der Waals surface area contributed by atoms with E-state index in [0.717, 1.165) is 49.0 Å². The number of nitrogens with zero attached hydrogens (tertiary/aromatic N) is 3. The van der Waals surface area contributed by atoms with Crippen molar-refractivity contribution >= 4 is 22.6 Å². The van der Waals surface area contributed by atoms with Crippen LogP contribution >= 0.6 is 22.6 Å². The van der Waals surface area contributed by atoms with Crippen LogP contribution in [0.4, 0.5) is 0 Å². The van der Waals surface area contributed by atoms with Gasteiger partial charge in [0, 0.05) is 35.0 Å². The van der Waals surface area contributed by atoms with Crippen molar-refractivity contribution in [3.05, 3.63) is 44.4 Å². The molecule has 22 heavy (non-hydrogen) atoms. The largest absolute Gasteiger partial charge is 0.312 e. The molecule has 1 aromatic heterocycles. The number of hydrogen-bond donors (Lipinski definition) is 0. The molecule has 0 N–H and O–H groups in total. The van der Waals surface area contributed by atoms with E-state index < -0.39 is 0 Å². The summed E-state index contributed by atoms with van der Waals surface area (Å²) in [6.45, 7) is 7.77. The van der Waals surface area contributed by atoms with E-state index in [-0.39, 0.29) is 5.56 Å². The van der Waals surface area contributed by atoms with Gasteiger partial charge in [0.25, 0.3) is 5.56 Å². The third-order valence-electron chi connectivity index (χ3n) is 4.34. The van der Waals surface area contributed by atoms with Crippen LogP contribution in [0.3, 0.4) is 0 Å². The van der Waals surface area contributed by atoms with Crippen molar-refractivity contribution in [3.8, 4) is 0 Å². The van der Waals surface area contributed by atoms with E-state index in [1.807, 2.05) is 10.6 Å². The summed E-state index contributed by atoms with van der Waals surface area (Å²) in [5.41, 5.74) is 1.38. The fourth-order valence-corrected chi connectivity index (χ4v) is 3.50. The first-order valence-corrected chi connectivity index (χ1v) is 8.97. The maximum absolute atomic E-state index is 12.3. The zero-order chi connectivity index (χ0) is 16.1. The average Bonchev–Trinajstić information content (AvgIpc) is 2.49. The smallest absolute Gasteiger partial charge is 0.251 e. The quantitative estimate of drug-likeness (QED) is 0.529. The van der Waals surface area contributed by atoms with Crippen molar-refractivity contribution in [1.29, 1.82) is 0 Å². The fraction of sp³-hybridized carbons (Fsp3) is 0.588. The van der Waals surface area contributed by atoms with Crippen LogP contribution in [0.15, 0.2) is 29.7 Å². The third-order valence-corrected chi connectivity index (χ3v) is 5.35. The molecular formula is C17H26IN3O. The first-order valence-electron chi connectivity index (χ1n) is 7.90. The van der Waals surface area contributed by atoms with Crippen LogP contribution in [-0.2, 0) is 6.54 Å². The molecule has 1 aromatic rings. The lowest BCUT2D eigenvalue weighted by Gasteiger charge is -2.30. The molecule has 5 heteroatoms. The summed E-state index contributed by atoms with van der Waals surface area (Å²) in [4.78, 5) is 17.0. The second-order valence-electron chi connectivity index (χ2n) is 6.24. The summed E-state index contributed by atoms with van der Waals surface area (Å²) in [5.74, 6) is 0. The molecule has 0 radical (unpaired) electrons. The van der Waals surface area contributed by atoms with Crippen LogP contribution in [0.2, 0.25) is 0 Å². The summed E-state index contributed by atoms with van der Waals surface area (Å²) in [5, 5.41) is 0. The van der Waals surface area contributed by atoms with Crippen LogP contribution in [0.1, 0.15) is 30.9 Å². The van der Waals surface area contributed by atoms with Crippen molar-refractivity contribution in [3.63, 3.8) is 0 Å². The molecule has 1 aliphatic heterocycles. The standard InChI is InChI=1S/C17H26IN3O/c1-4-5-8-20(3)12-14-13-21(17(22)11-16(14)18)15-6-9-19(2)10-7-15/h4,11,13,15H,1,5-10,12H2,2-3H3. The van der Waals surface area contributed by atoms with E-state index in [1.165, 1.54) is 5.56 Å². The molecule has 4 nitrogen and oxygen atoms in total. The van der Waals surface area contributed by atoms with E-state index >= 15 is 0 Å². The zero-order valence-corrected chi connectivity index (χ0v) is 15.8. The Morgan fingerprint density at radius 2 is 2.14 bits per heavy atom. The Hall–Kier alpha value is -0.660. The molecule has 0 aliphatic carbocycles. The van der Waals surface area contributed by atoms with Gasteiger partial charge in [-0.25, -0.2) is 0 Å². The Kier molecular flexibility index (Phi) is 6.65. The van der Waals surface area contributed by atoms with Crippen molar-refractivity contribution < 1.29 is 0 Å². The van der Waals surface area contributed by atoms with Gasteiger partial charge in [-0.05, 0) is 74.6 Å². The zero-order valence-electron chi connectivity index (χ0n) is 13.6. The molecule has 0 atom stereocenters. The van der Waals surface area contributed by atoms with E-state index in [9.17, 15) is 4.79 Å². The topological polar surface area (TPSA) is 28.5 Å². The normalized spacial score (nSPS) is 17.1. The van der Waals surface area contributed by atoms with Crippen molar-refractivity contribution in [2.45, 2.75) is 31.8 Å². The fourth-order valence-electron chi connectivity index (χ4n) is 2.93. The lowest BCUT2D eigenvalue weighted by atomic mass is 10.0. The highest BCUT2D eigenvalue weighted by Gasteiger charge is 2.20. The van der Waals surface area contributed by atoms with Gasteiger partial charge in [0.15, 0.2) is 0 Å². The molecule has 1 saturated heterocycles. The SMILES string of the molecule is C=CCCN(C)Cc1cn(C2CCN(C)CC2)c(=O)cc1I. The van der Waals surface area contributed by atoms with E-state index in [2.05, 4.69) is 59.3 Å². The van der Waals surface area contributed by atoms with Gasteiger partial charge in [0.05, 0.1) is 0 Å². The molecule has 0 unspecified atom stereocenters. The predicted molar refractivity (Wildman–Crippen MR) is 100 cm³/mol. The molecule has 1 aliphatic rings. The molecule has 0 spiro atoms. The highest BCUT2D eigenvalue weighted by molar-refractivity contribution is 14.1. The van der Waals surface area contributed by atoms with Gasteiger partial charge in [-0.1, -0.05) is 6.08 Å². The van der Waals surface area contributed by atoms with Crippen molar-refractivity contribution in [2.75, 3.05) is 33.7 Å². The number of aromatic nitrogens is 1. The minimum atomic E-state index is 0.136. The van der Waals surface area contributed by atoms with E-state index in [0.29, 0.717) is 6.04 Å². The Balaban J connectivity index is 2.16. The summed E-state index contributed by atoms with van der Waals surface area (Å²) in [6.07, 6.45) is 7.14. The van der Waals surface area contributed by atoms with Gasteiger partial charge in [0.1, 0.15) is 0 Å². The Morgan fingerprint density at radius 1 is 1.45 bits per heavy atom. The maximum atomic E-state index is 12.3. The highest BCUT2D eigenvalue weighted by atomic mass is 127. The third kappa shape index (κ3) is 4.67. The van der Waals surface area contributed by atoms with E-state index in [4.69, 9.17) is 0 Å². The Labute approximate surface area is 146 Å². The first-order chi connectivity index (χ1) is 10.5. The Morgan fingerprint density at radius 3 is 2.77 bits per heavy atom. The second-order valence-corrected chi connectivity index (χ2v) is 7.40. The van der Waals surface area contributed by atoms with Gasteiger partial charge in [-0.2, -0.15) is 0 Å². The van der Waals surface area contributed by atoms with Gasteiger partial charge in [0.2, 0.25) is 0 Å². The lowest BCUT2D eigenvalue weighted by molar-refractivity contribution is 0.218. The summed E-state index contributed by atoms with van der Waals surface area (Å²) < 4.78 is 3.03. The number of likely N-dealkylation sites (tertiary alicyclic amines) is 1. The highest BCUT2D eigenvalue weighted by Crippen LogP contribution is 2.22. The molecular weight excluding hydrogens is 389 g/mol.